The second kappa shape index (κ2) is 5.30. The lowest BCUT2D eigenvalue weighted by Gasteiger charge is -2.01. The highest BCUT2D eigenvalue weighted by Crippen LogP contribution is 2.05. The number of carbonyl (C=O) groups excluding carboxylic acids is 1. The van der Waals surface area contributed by atoms with Crippen LogP contribution in [0.25, 0.3) is 0 Å². The minimum Gasteiger partial charge on any atom is -0.294 e. The van der Waals surface area contributed by atoms with Crippen LogP contribution in [-0.2, 0) is 12.8 Å². The molecule has 0 aromatic carbocycles. The predicted octanol–water partition coefficient (Wildman–Crippen LogP) is 1.86. The number of nitrogens with zero attached hydrogens (tertiary/aromatic N) is 3. The molecule has 0 saturated carbocycles. The van der Waals surface area contributed by atoms with Crippen LogP contribution >= 0.6 is 0 Å². The topological polar surface area (TPSA) is 55.7 Å². The Balaban J connectivity index is 2.08. The molecule has 2 aromatic heterocycles. The van der Waals surface area contributed by atoms with E-state index in [2.05, 4.69) is 21.9 Å². The summed E-state index contributed by atoms with van der Waals surface area (Å²) in [6.07, 6.45) is 7.51. The van der Waals surface area contributed by atoms with E-state index in [0.29, 0.717) is 5.56 Å². The maximum atomic E-state index is 11.8. The van der Waals surface area contributed by atoms with E-state index >= 15 is 0 Å². The van der Waals surface area contributed by atoms with E-state index in [1.807, 2.05) is 18.3 Å². The van der Waals surface area contributed by atoms with Gasteiger partial charge in [-0.2, -0.15) is 0 Å². The summed E-state index contributed by atoms with van der Waals surface area (Å²) < 4.78 is 0. The summed E-state index contributed by atoms with van der Waals surface area (Å²) in [6, 6.07) is 3.89. The van der Waals surface area contributed by atoms with Gasteiger partial charge in [-0.1, -0.05) is 13.0 Å². The molecule has 0 atom stereocenters. The maximum Gasteiger partial charge on any atom is 0.171 e. The van der Waals surface area contributed by atoms with Crippen LogP contribution in [0, 0.1) is 0 Å². The monoisotopic (exact) mass is 227 g/mol. The number of hydrogen-bond donors (Lipinski definition) is 0. The Kier molecular flexibility index (Phi) is 3.55. The van der Waals surface area contributed by atoms with Gasteiger partial charge in [0.25, 0.3) is 0 Å². The Labute approximate surface area is 99.8 Å². The fourth-order valence-corrected chi connectivity index (χ4v) is 1.48. The van der Waals surface area contributed by atoms with Crippen molar-refractivity contribution in [2.75, 3.05) is 0 Å². The standard InChI is InChI=1S/C13H13N3O/c1-2-10-3-4-12(16-6-10)5-13(17)11-7-14-9-15-8-11/h3-4,6-9H,2,5H2,1H3. The Morgan fingerprint density at radius 1 is 1.18 bits per heavy atom. The van der Waals surface area contributed by atoms with E-state index in [1.54, 1.807) is 0 Å². The molecule has 0 bridgehead atoms. The van der Waals surface area contributed by atoms with E-state index in [4.69, 9.17) is 0 Å². The smallest absolute Gasteiger partial charge is 0.171 e. The summed E-state index contributed by atoms with van der Waals surface area (Å²) in [5, 5.41) is 0. The Bertz CT molecular complexity index is 494. The van der Waals surface area contributed by atoms with Gasteiger partial charge < -0.3 is 0 Å². The first-order valence-corrected chi connectivity index (χ1v) is 5.51. The van der Waals surface area contributed by atoms with E-state index in [0.717, 1.165) is 12.1 Å². The van der Waals surface area contributed by atoms with Gasteiger partial charge in [0.2, 0.25) is 0 Å². The highest BCUT2D eigenvalue weighted by molar-refractivity contribution is 5.96. The molecule has 2 rings (SSSR count). The first kappa shape index (κ1) is 11.4. The van der Waals surface area contributed by atoms with Gasteiger partial charge in [0, 0.05) is 24.3 Å². The van der Waals surface area contributed by atoms with Crippen molar-refractivity contribution in [1.29, 1.82) is 0 Å². The van der Waals surface area contributed by atoms with Crippen molar-refractivity contribution in [2.45, 2.75) is 19.8 Å². The van der Waals surface area contributed by atoms with E-state index < -0.39 is 0 Å². The van der Waals surface area contributed by atoms with Crippen LogP contribution in [-0.4, -0.2) is 20.7 Å². The number of aromatic nitrogens is 3. The molecule has 4 heteroatoms. The molecule has 0 fully saturated rings. The molecule has 0 aliphatic heterocycles. The summed E-state index contributed by atoms with van der Waals surface area (Å²) in [7, 11) is 0. The first-order valence-electron chi connectivity index (χ1n) is 5.51. The van der Waals surface area contributed by atoms with Crippen molar-refractivity contribution in [1.82, 2.24) is 15.0 Å². The van der Waals surface area contributed by atoms with Crippen molar-refractivity contribution >= 4 is 5.78 Å². The van der Waals surface area contributed by atoms with Crippen molar-refractivity contribution in [3.63, 3.8) is 0 Å². The van der Waals surface area contributed by atoms with E-state index in [-0.39, 0.29) is 12.2 Å². The third-order valence-electron chi connectivity index (χ3n) is 2.52. The van der Waals surface area contributed by atoms with Crippen LogP contribution in [0.2, 0.25) is 0 Å². The van der Waals surface area contributed by atoms with Gasteiger partial charge >= 0.3 is 0 Å². The van der Waals surface area contributed by atoms with Crippen molar-refractivity contribution < 1.29 is 4.79 Å². The molecule has 0 saturated heterocycles. The number of carbonyl (C=O) groups is 1. The van der Waals surface area contributed by atoms with Gasteiger partial charge in [-0.15, -0.1) is 0 Å². The first-order chi connectivity index (χ1) is 8.29. The second-order valence-corrected chi connectivity index (χ2v) is 3.74. The van der Waals surface area contributed by atoms with Crippen LogP contribution in [0.1, 0.15) is 28.5 Å². The van der Waals surface area contributed by atoms with Crippen molar-refractivity contribution in [3.8, 4) is 0 Å². The zero-order valence-electron chi connectivity index (χ0n) is 9.63. The summed E-state index contributed by atoms with van der Waals surface area (Å²) >= 11 is 0. The predicted molar refractivity (Wildman–Crippen MR) is 63.7 cm³/mol. The summed E-state index contributed by atoms with van der Waals surface area (Å²) in [6.45, 7) is 2.07. The number of ketones is 1. The summed E-state index contributed by atoms with van der Waals surface area (Å²) in [5.74, 6) is -0.0117. The second-order valence-electron chi connectivity index (χ2n) is 3.74. The van der Waals surface area contributed by atoms with Crippen molar-refractivity contribution in [3.05, 3.63) is 53.9 Å². The third kappa shape index (κ3) is 2.93. The molecule has 0 radical (unpaired) electrons. The highest BCUT2D eigenvalue weighted by Gasteiger charge is 2.08. The van der Waals surface area contributed by atoms with Crippen LogP contribution in [0.3, 0.4) is 0 Å². The third-order valence-corrected chi connectivity index (χ3v) is 2.52. The van der Waals surface area contributed by atoms with Crippen LogP contribution in [0.5, 0.6) is 0 Å². The molecule has 0 spiro atoms. The van der Waals surface area contributed by atoms with Gasteiger partial charge in [-0.05, 0) is 18.1 Å². The van der Waals surface area contributed by atoms with E-state index in [1.165, 1.54) is 24.3 Å². The Hall–Kier alpha value is -2.10. The largest absolute Gasteiger partial charge is 0.294 e. The highest BCUT2D eigenvalue weighted by atomic mass is 16.1. The molecular formula is C13H13N3O. The molecule has 0 unspecified atom stereocenters. The average molecular weight is 227 g/mol. The molecule has 2 aromatic rings. The number of rotatable bonds is 4. The lowest BCUT2D eigenvalue weighted by atomic mass is 10.1. The van der Waals surface area contributed by atoms with Gasteiger partial charge in [-0.3, -0.25) is 9.78 Å². The van der Waals surface area contributed by atoms with Crippen molar-refractivity contribution in [2.24, 2.45) is 0 Å². The average Bonchev–Trinajstić information content (AvgIpc) is 2.40. The normalized spacial score (nSPS) is 10.2. The van der Waals surface area contributed by atoms with Gasteiger partial charge in [0.1, 0.15) is 6.33 Å². The Morgan fingerprint density at radius 2 is 1.94 bits per heavy atom. The fourth-order valence-electron chi connectivity index (χ4n) is 1.48. The zero-order chi connectivity index (χ0) is 12.1. The summed E-state index contributed by atoms with van der Waals surface area (Å²) in [5.41, 5.74) is 2.47. The lowest BCUT2D eigenvalue weighted by Crippen LogP contribution is -2.06. The quantitative estimate of drug-likeness (QED) is 0.748. The molecule has 0 aliphatic carbocycles. The molecular weight excluding hydrogens is 214 g/mol. The SMILES string of the molecule is CCc1ccc(CC(=O)c2cncnc2)nc1. The molecule has 0 amide bonds. The number of Topliss-reactive ketones (excluding diaryl/α,β-unsaturated/α-hetero) is 1. The molecule has 17 heavy (non-hydrogen) atoms. The summed E-state index contributed by atoms with van der Waals surface area (Å²) in [4.78, 5) is 23.7. The van der Waals surface area contributed by atoms with Crippen LogP contribution in [0.15, 0.2) is 37.1 Å². The number of pyridine rings is 1. The zero-order valence-corrected chi connectivity index (χ0v) is 9.63. The lowest BCUT2D eigenvalue weighted by molar-refractivity contribution is 0.0991. The Morgan fingerprint density at radius 3 is 2.53 bits per heavy atom. The maximum absolute atomic E-state index is 11.8. The fraction of sp³-hybridized carbons (Fsp3) is 0.231. The van der Waals surface area contributed by atoms with Gasteiger partial charge in [0.05, 0.1) is 12.0 Å². The minimum absolute atomic E-state index is 0.0117. The molecule has 2 heterocycles. The minimum atomic E-state index is -0.0117. The number of aryl methyl sites for hydroxylation is 1. The molecule has 0 N–H and O–H groups in total. The van der Waals surface area contributed by atoms with Crippen LogP contribution in [0.4, 0.5) is 0 Å². The molecule has 4 nitrogen and oxygen atoms in total. The number of hydrogen-bond acceptors (Lipinski definition) is 4. The molecule has 0 aliphatic rings. The molecule has 86 valence electrons. The van der Waals surface area contributed by atoms with Gasteiger partial charge in [0.15, 0.2) is 5.78 Å². The van der Waals surface area contributed by atoms with Gasteiger partial charge in [-0.25, -0.2) is 9.97 Å². The van der Waals surface area contributed by atoms with Crippen LogP contribution < -0.4 is 0 Å². The van der Waals surface area contributed by atoms with E-state index in [9.17, 15) is 4.79 Å².